The van der Waals surface area contributed by atoms with Crippen LogP contribution in [-0.4, -0.2) is 61.0 Å². The molecule has 1 aromatic carbocycles. The smallest absolute Gasteiger partial charge is 0.252 e. The lowest BCUT2D eigenvalue weighted by Crippen LogP contribution is -2.54. The van der Waals surface area contributed by atoms with Crippen LogP contribution < -0.4 is 26.8 Å². The Balaban J connectivity index is 1.56. The van der Waals surface area contributed by atoms with E-state index in [-0.39, 0.29) is 29.6 Å². The molecular formula is C25H33FN6O3. The Bertz CT molecular complexity index is 1120. The van der Waals surface area contributed by atoms with E-state index in [2.05, 4.69) is 20.6 Å². The lowest BCUT2D eigenvalue weighted by Gasteiger charge is -2.34. The summed E-state index contributed by atoms with van der Waals surface area (Å²) < 4.78 is 25.8. The third-order valence-electron chi connectivity index (χ3n) is 6.27. The summed E-state index contributed by atoms with van der Waals surface area (Å²) in [6.45, 7) is 2.34. The lowest BCUT2D eigenvalue weighted by molar-refractivity contribution is -0.114. The average molecular weight is 485 g/mol. The molecular weight excluding hydrogens is 451 g/mol. The number of benzene rings is 1. The Hall–Kier alpha value is -3.08. The molecule has 1 saturated carbocycles. The number of aromatic nitrogens is 1. The molecule has 10 heteroatoms. The number of alkyl halides is 1. The van der Waals surface area contributed by atoms with Crippen molar-refractivity contribution in [2.45, 2.75) is 63.1 Å². The number of primary amides is 1. The minimum absolute atomic E-state index is 0.00187. The summed E-state index contributed by atoms with van der Waals surface area (Å²) in [7, 11) is 1.61. The second kappa shape index (κ2) is 11.1. The number of hydrogen-bond acceptors (Lipinski definition) is 8. The van der Waals surface area contributed by atoms with Gasteiger partial charge in [0.25, 0.3) is 5.91 Å². The van der Waals surface area contributed by atoms with Crippen molar-refractivity contribution in [3.63, 3.8) is 0 Å². The Morgan fingerprint density at radius 1 is 1.26 bits per heavy atom. The number of hydrogen-bond donors (Lipinski definition) is 4. The fourth-order valence-corrected chi connectivity index (χ4v) is 4.48. The van der Waals surface area contributed by atoms with Crippen LogP contribution in [0.4, 0.5) is 10.1 Å². The molecule has 4 rings (SSSR count). The van der Waals surface area contributed by atoms with Gasteiger partial charge >= 0.3 is 0 Å². The molecule has 3 unspecified atom stereocenters. The minimum Gasteiger partial charge on any atom is -0.472 e. The Labute approximate surface area is 204 Å². The molecule has 5 atom stereocenters. The first kappa shape index (κ1) is 25.0. The van der Waals surface area contributed by atoms with Gasteiger partial charge < -0.3 is 26.3 Å². The number of nitrogens with one attached hydrogen (secondary N) is 2. The molecule has 1 aliphatic carbocycles. The lowest BCUT2D eigenvalue weighted by atomic mass is 9.90. The van der Waals surface area contributed by atoms with Crippen LogP contribution in [0.25, 0.3) is 10.9 Å². The second-order valence-corrected chi connectivity index (χ2v) is 9.10. The van der Waals surface area contributed by atoms with Gasteiger partial charge in [-0.1, -0.05) is 18.9 Å². The van der Waals surface area contributed by atoms with Crippen LogP contribution in [0, 0.1) is 0 Å². The third kappa shape index (κ3) is 6.14. The number of anilines is 1. The normalized spacial score (nSPS) is 25.5. The van der Waals surface area contributed by atoms with Crippen molar-refractivity contribution >= 4 is 28.3 Å². The van der Waals surface area contributed by atoms with Crippen LogP contribution in [0.2, 0.25) is 0 Å². The van der Waals surface area contributed by atoms with Gasteiger partial charge in [-0.25, -0.2) is 14.4 Å². The molecule has 1 aliphatic heterocycles. The van der Waals surface area contributed by atoms with Crippen LogP contribution >= 0.6 is 0 Å². The molecule has 188 valence electrons. The van der Waals surface area contributed by atoms with E-state index in [1.807, 2.05) is 31.2 Å². The van der Waals surface area contributed by atoms with Crippen molar-refractivity contribution in [3.8, 4) is 5.88 Å². The Morgan fingerprint density at radius 3 is 2.77 bits per heavy atom. The van der Waals surface area contributed by atoms with Gasteiger partial charge in [0.1, 0.15) is 18.1 Å². The summed E-state index contributed by atoms with van der Waals surface area (Å²) in [5.41, 5.74) is 13.1. The Morgan fingerprint density at radius 2 is 2.03 bits per heavy atom. The quantitative estimate of drug-likeness (QED) is 0.452. The number of carbonyl (C=O) groups is 1. The van der Waals surface area contributed by atoms with Gasteiger partial charge in [-0.3, -0.25) is 10.1 Å². The van der Waals surface area contributed by atoms with E-state index in [0.29, 0.717) is 23.7 Å². The number of fused-ring (bicyclic) bond motifs is 1. The van der Waals surface area contributed by atoms with Gasteiger partial charge in [0.2, 0.25) is 5.88 Å². The van der Waals surface area contributed by atoms with Crippen LogP contribution in [0.1, 0.15) is 32.6 Å². The van der Waals surface area contributed by atoms with Gasteiger partial charge in [0.15, 0.2) is 6.17 Å². The van der Waals surface area contributed by atoms with E-state index < -0.39 is 18.2 Å². The first-order chi connectivity index (χ1) is 16.8. The summed E-state index contributed by atoms with van der Waals surface area (Å²) in [4.78, 5) is 21.1. The first-order valence-corrected chi connectivity index (χ1v) is 11.9. The highest BCUT2D eigenvalue weighted by Crippen LogP contribution is 2.24. The molecule has 2 aliphatic rings. The fraction of sp³-hybridized carbons (Fsp3) is 0.480. The summed E-state index contributed by atoms with van der Waals surface area (Å²) in [6.07, 6.45) is 2.55. The summed E-state index contributed by atoms with van der Waals surface area (Å²) >= 11 is 0. The van der Waals surface area contributed by atoms with Crippen LogP contribution in [-0.2, 0) is 9.53 Å². The van der Waals surface area contributed by atoms with Crippen molar-refractivity contribution in [2.24, 2.45) is 16.5 Å². The molecule has 0 radical (unpaired) electrons. The highest BCUT2D eigenvalue weighted by molar-refractivity contribution is 6.25. The largest absolute Gasteiger partial charge is 0.472 e. The topological polar surface area (TPSA) is 137 Å². The van der Waals surface area contributed by atoms with E-state index >= 15 is 0 Å². The number of amidine groups is 1. The Kier molecular flexibility index (Phi) is 7.94. The van der Waals surface area contributed by atoms with Crippen LogP contribution in [0.15, 0.2) is 47.0 Å². The van der Waals surface area contributed by atoms with Crippen molar-refractivity contribution in [1.29, 1.82) is 0 Å². The third-order valence-corrected chi connectivity index (χ3v) is 6.27. The van der Waals surface area contributed by atoms with Crippen molar-refractivity contribution in [2.75, 3.05) is 19.0 Å². The fourth-order valence-electron chi connectivity index (χ4n) is 4.48. The molecule has 6 N–H and O–H groups in total. The van der Waals surface area contributed by atoms with E-state index in [1.165, 1.54) is 6.08 Å². The molecule has 1 fully saturated rings. The monoisotopic (exact) mass is 484 g/mol. The van der Waals surface area contributed by atoms with E-state index in [1.54, 1.807) is 13.2 Å². The molecule has 2 aromatic rings. The number of carbonyl (C=O) groups excluding carboxylic acids is 1. The van der Waals surface area contributed by atoms with E-state index in [4.69, 9.17) is 20.9 Å². The predicted octanol–water partition coefficient (Wildman–Crippen LogP) is 2.41. The number of halogens is 1. The molecule has 0 saturated heterocycles. The average Bonchev–Trinajstić information content (AvgIpc) is 2.82. The summed E-state index contributed by atoms with van der Waals surface area (Å²) in [5, 5.41) is 7.27. The highest BCUT2D eigenvalue weighted by Gasteiger charge is 2.32. The van der Waals surface area contributed by atoms with E-state index in [9.17, 15) is 9.18 Å². The van der Waals surface area contributed by atoms with Crippen molar-refractivity contribution in [3.05, 3.63) is 42.0 Å². The van der Waals surface area contributed by atoms with Gasteiger partial charge in [0, 0.05) is 36.3 Å². The maximum absolute atomic E-state index is 14.9. The van der Waals surface area contributed by atoms with Crippen LogP contribution in [0.5, 0.6) is 5.88 Å². The zero-order chi connectivity index (χ0) is 24.9. The van der Waals surface area contributed by atoms with Crippen molar-refractivity contribution < 1.29 is 18.7 Å². The molecule has 1 amide bonds. The first-order valence-electron chi connectivity index (χ1n) is 11.9. The standard InChI is InChI=1S/C25H33FN6O3/c1-14(13-34-2)35-22-10-8-15-7-9-16(11-21(15)30-22)29-24-17(23(28)33)12-18(26)25(32-24)31-20-6-4-3-5-19(20)27/h7-12,14,18-20,25,31H,3-6,13,27H2,1-2H3,(H2,28,33)(H,29,32)/t14?,18?,19-,20+,25?/m0/s1. The molecule has 35 heavy (non-hydrogen) atoms. The number of amides is 1. The number of aliphatic imine (C=N–C) groups is 1. The molecule has 1 aromatic heterocycles. The number of rotatable bonds is 8. The van der Waals surface area contributed by atoms with Gasteiger partial charge in [0.05, 0.1) is 17.7 Å². The zero-order valence-electron chi connectivity index (χ0n) is 20.0. The molecule has 0 bridgehead atoms. The number of pyridine rings is 1. The van der Waals surface area contributed by atoms with Crippen molar-refractivity contribution in [1.82, 2.24) is 10.3 Å². The van der Waals surface area contributed by atoms with Gasteiger partial charge in [-0.15, -0.1) is 0 Å². The zero-order valence-corrected chi connectivity index (χ0v) is 20.0. The second-order valence-electron chi connectivity index (χ2n) is 9.10. The SMILES string of the molecule is COCC(C)Oc1ccc2ccc(NC3=NC(N[C@@H]4CCCC[C@@H]4N)C(F)C=C3C(N)=O)cc2n1. The number of dihydropyridines is 1. The van der Waals surface area contributed by atoms with Crippen LogP contribution in [0.3, 0.4) is 0 Å². The molecule has 2 heterocycles. The van der Waals surface area contributed by atoms with E-state index in [0.717, 1.165) is 31.1 Å². The maximum Gasteiger partial charge on any atom is 0.252 e. The highest BCUT2D eigenvalue weighted by atomic mass is 19.1. The van der Waals surface area contributed by atoms with Gasteiger partial charge in [-0.2, -0.15) is 0 Å². The number of nitrogens with zero attached hydrogens (tertiary/aromatic N) is 2. The number of ether oxygens (including phenoxy) is 2. The summed E-state index contributed by atoms with van der Waals surface area (Å²) in [6, 6.07) is 9.15. The number of nitrogens with two attached hydrogens (primary N) is 2. The molecule has 9 nitrogen and oxygen atoms in total. The molecule has 0 spiro atoms. The minimum atomic E-state index is -1.50. The predicted molar refractivity (Wildman–Crippen MR) is 134 cm³/mol. The summed E-state index contributed by atoms with van der Waals surface area (Å²) in [5.74, 6) is -0.0810. The number of methoxy groups -OCH3 is 1. The maximum atomic E-state index is 14.9. The van der Waals surface area contributed by atoms with Gasteiger partial charge in [-0.05, 0) is 44.0 Å².